The van der Waals surface area contributed by atoms with Crippen LogP contribution in [0.1, 0.15) is 31.4 Å². The Morgan fingerprint density at radius 1 is 1.41 bits per heavy atom. The van der Waals surface area contributed by atoms with Gasteiger partial charge in [-0.15, -0.1) is 0 Å². The Labute approximate surface area is 104 Å². The second kappa shape index (κ2) is 6.98. The van der Waals surface area contributed by atoms with E-state index in [1.54, 1.807) is 0 Å². The molecule has 1 unspecified atom stereocenters. The van der Waals surface area contributed by atoms with Crippen molar-refractivity contribution in [2.75, 3.05) is 13.2 Å². The molecule has 2 nitrogen and oxygen atoms in total. The maximum atomic E-state index is 5.80. The maximum absolute atomic E-state index is 5.80. The van der Waals surface area contributed by atoms with Crippen LogP contribution in [0.25, 0.3) is 0 Å². The van der Waals surface area contributed by atoms with Gasteiger partial charge in [0.05, 0.1) is 18.7 Å². The monoisotopic (exact) mass is 231 g/mol. The van der Waals surface area contributed by atoms with Crippen molar-refractivity contribution >= 4 is 0 Å². The number of benzene rings is 1. The van der Waals surface area contributed by atoms with E-state index in [0.717, 1.165) is 24.3 Å². The fraction of sp³-hybridized carbons (Fsp3) is 0.467. The highest BCUT2D eigenvalue weighted by Gasteiger charge is 2.04. The third-order valence-electron chi connectivity index (χ3n) is 2.68. The zero-order valence-corrected chi connectivity index (χ0v) is 10.9. The molecule has 0 fully saturated rings. The molecule has 0 aliphatic heterocycles. The molecule has 0 bridgehead atoms. The van der Waals surface area contributed by atoms with Crippen LogP contribution < -0.4 is 10.5 Å². The molecule has 2 N–H and O–H groups in total. The Morgan fingerprint density at radius 2 is 2.18 bits per heavy atom. The second-order valence-corrected chi connectivity index (χ2v) is 4.33. The third-order valence-corrected chi connectivity index (χ3v) is 2.68. The first-order chi connectivity index (χ1) is 8.17. The van der Waals surface area contributed by atoms with Gasteiger partial charge in [-0.05, 0) is 30.5 Å². The minimum Gasteiger partial charge on any atom is -0.492 e. The number of nitrogens with two attached hydrogens (primary N) is 1. The van der Waals surface area contributed by atoms with Crippen molar-refractivity contribution in [3.63, 3.8) is 0 Å². The van der Waals surface area contributed by atoms with Gasteiger partial charge >= 0.3 is 0 Å². The minimum atomic E-state index is 0.374. The van der Waals surface area contributed by atoms with Crippen LogP contribution in [0.4, 0.5) is 0 Å². The van der Waals surface area contributed by atoms with Crippen molar-refractivity contribution in [1.82, 2.24) is 0 Å². The van der Waals surface area contributed by atoms with Gasteiger partial charge in [0.15, 0.2) is 0 Å². The van der Waals surface area contributed by atoms with Gasteiger partial charge in [-0.2, -0.15) is 0 Å². The molecule has 0 heterocycles. The normalized spacial score (nSPS) is 11.5. The number of ether oxygens (including phenoxy) is 1. The average molecular weight is 231 g/mol. The lowest BCUT2D eigenvalue weighted by atomic mass is 10.1. The van der Waals surface area contributed by atoms with Crippen LogP contribution in [0.15, 0.2) is 18.2 Å². The smallest absolute Gasteiger partial charge is 0.134 e. The van der Waals surface area contributed by atoms with Crippen molar-refractivity contribution in [2.24, 2.45) is 11.7 Å². The predicted molar refractivity (Wildman–Crippen MR) is 72.1 cm³/mol. The lowest BCUT2D eigenvalue weighted by Gasteiger charge is -2.12. The molecule has 1 atom stereocenters. The summed E-state index contributed by atoms with van der Waals surface area (Å²) in [5.74, 6) is 7.35. The average Bonchev–Trinajstić information content (AvgIpc) is 2.34. The minimum absolute atomic E-state index is 0.374. The molecule has 0 spiro atoms. The molecule has 92 valence electrons. The quantitative estimate of drug-likeness (QED) is 0.809. The molecular weight excluding hydrogens is 210 g/mol. The molecule has 17 heavy (non-hydrogen) atoms. The van der Waals surface area contributed by atoms with Crippen LogP contribution in [0.3, 0.4) is 0 Å². The molecule has 0 saturated carbocycles. The van der Waals surface area contributed by atoms with Gasteiger partial charge in [0.1, 0.15) is 5.75 Å². The Balaban J connectivity index is 2.82. The molecule has 1 rings (SSSR count). The van der Waals surface area contributed by atoms with Crippen LogP contribution >= 0.6 is 0 Å². The lowest BCUT2D eigenvalue weighted by Crippen LogP contribution is -2.08. The highest BCUT2D eigenvalue weighted by Crippen LogP contribution is 2.20. The molecule has 1 aromatic carbocycles. The van der Waals surface area contributed by atoms with E-state index in [1.807, 2.05) is 25.1 Å². The van der Waals surface area contributed by atoms with Crippen molar-refractivity contribution in [3.05, 3.63) is 29.3 Å². The van der Waals surface area contributed by atoms with Crippen LogP contribution in [-0.2, 0) is 0 Å². The molecule has 1 aromatic rings. The summed E-state index contributed by atoms with van der Waals surface area (Å²) >= 11 is 0. The second-order valence-electron chi connectivity index (χ2n) is 4.33. The summed E-state index contributed by atoms with van der Waals surface area (Å²) in [6, 6.07) is 6.06. The van der Waals surface area contributed by atoms with Crippen LogP contribution in [-0.4, -0.2) is 13.2 Å². The van der Waals surface area contributed by atoms with E-state index in [9.17, 15) is 0 Å². The van der Waals surface area contributed by atoms with Crippen LogP contribution in [0.5, 0.6) is 5.75 Å². The molecular formula is C15H21NO. The summed E-state index contributed by atoms with van der Waals surface area (Å²) in [5.41, 5.74) is 7.51. The number of hydrogen-bond donors (Lipinski definition) is 1. The first-order valence-corrected chi connectivity index (χ1v) is 6.09. The molecule has 0 amide bonds. The van der Waals surface area contributed by atoms with Crippen LogP contribution in [0.2, 0.25) is 0 Å². The molecule has 0 aliphatic rings. The fourth-order valence-electron chi connectivity index (χ4n) is 1.36. The summed E-state index contributed by atoms with van der Waals surface area (Å²) < 4.78 is 5.80. The summed E-state index contributed by atoms with van der Waals surface area (Å²) in [4.78, 5) is 0. The predicted octanol–water partition coefficient (Wildman–Crippen LogP) is 2.73. The van der Waals surface area contributed by atoms with E-state index in [-0.39, 0.29) is 0 Å². The van der Waals surface area contributed by atoms with Crippen LogP contribution in [0, 0.1) is 24.7 Å². The number of aryl methyl sites for hydroxylation is 1. The van der Waals surface area contributed by atoms with E-state index >= 15 is 0 Å². The zero-order chi connectivity index (χ0) is 12.7. The van der Waals surface area contributed by atoms with E-state index < -0.39 is 0 Å². The van der Waals surface area contributed by atoms with Gasteiger partial charge in [-0.25, -0.2) is 0 Å². The Morgan fingerprint density at radius 3 is 2.82 bits per heavy atom. The molecule has 0 aliphatic carbocycles. The molecule has 2 heteroatoms. The maximum Gasteiger partial charge on any atom is 0.134 e. The van der Waals surface area contributed by atoms with Crippen molar-refractivity contribution < 1.29 is 4.74 Å². The van der Waals surface area contributed by atoms with Gasteiger partial charge in [-0.1, -0.05) is 38.2 Å². The van der Waals surface area contributed by atoms with Gasteiger partial charge in [0.25, 0.3) is 0 Å². The standard InChI is InChI=1S/C15H21NO/c1-4-12(2)11-17-15-8-7-13(3)10-14(15)6-5-9-16/h7-8,10,12H,4,9,11,16H2,1-3H3. The summed E-state index contributed by atoms with van der Waals surface area (Å²) in [6.45, 7) is 7.50. The number of hydrogen-bond acceptors (Lipinski definition) is 2. The fourth-order valence-corrected chi connectivity index (χ4v) is 1.36. The summed E-state index contributed by atoms with van der Waals surface area (Å²) in [5, 5.41) is 0. The SMILES string of the molecule is CCC(C)COc1ccc(C)cc1C#CCN. The van der Waals surface area contributed by atoms with Gasteiger partial charge in [-0.3, -0.25) is 0 Å². The largest absolute Gasteiger partial charge is 0.492 e. The highest BCUT2D eigenvalue weighted by atomic mass is 16.5. The summed E-state index contributed by atoms with van der Waals surface area (Å²) in [6.07, 6.45) is 1.12. The molecule has 0 aromatic heterocycles. The van der Waals surface area contributed by atoms with E-state index in [4.69, 9.17) is 10.5 Å². The van der Waals surface area contributed by atoms with E-state index in [1.165, 1.54) is 5.56 Å². The Kier molecular flexibility index (Phi) is 5.59. The van der Waals surface area contributed by atoms with Gasteiger partial charge in [0.2, 0.25) is 0 Å². The summed E-state index contributed by atoms with van der Waals surface area (Å²) in [7, 11) is 0. The first-order valence-electron chi connectivity index (χ1n) is 6.09. The molecule has 0 radical (unpaired) electrons. The first kappa shape index (κ1) is 13.6. The van der Waals surface area contributed by atoms with Gasteiger partial charge < -0.3 is 10.5 Å². The van der Waals surface area contributed by atoms with E-state index in [2.05, 4.69) is 25.7 Å². The highest BCUT2D eigenvalue weighted by molar-refractivity contribution is 5.48. The van der Waals surface area contributed by atoms with E-state index in [0.29, 0.717) is 12.5 Å². The third kappa shape index (κ3) is 4.50. The van der Waals surface area contributed by atoms with Gasteiger partial charge in [0, 0.05) is 0 Å². The Hall–Kier alpha value is -1.46. The van der Waals surface area contributed by atoms with Crippen molar-refractivity contribution in [2.45, 2.75) is 27.2 Å². The number of rotatable bonds is 4. The van der Waals surface area contributed by atoms with Crippen molar-refractivity contribution in [3.8, 4) is 17.6 Å². The zero-order valence-electron chi connectivity index (χ0n) is 10.9. The molecule has 0 saturated heterocycles. The topological polar surface area (TPSA) is 35.2 Å². The Bertz CT molecular complexity index is 415. The lowest BCUT2D eigenvalue weighted by molar-refractivity contribution is 0.256. The van der Waals surface area contributed by atoms with Crippen molar-refractivity contribution in [1.29, 1.82) is 0 Å².